The molecule has 3 aromatic rings. The number of nitrogens with one attached hydrogen (secondary N) is 3. The maximum absolute atomic E-state index is 12.7. The highest BCUT2D eigenvalue weighted by Gasteiger charge is 2.21. The van der Waals surface area contributed by atoms with Crippen molar-refractivity contribution in [3.05, 3.63) is 71.4 Å². The highest BCUT2D eigenvalue weighted by atomic mass is 16.2. The minimum atomic E-state index is -0.680. The smallest absolute Gasteiger partial charge is 0.243 e. The van der Waals surface area contributed by atoms with Crippen LogP contribution in [0.2, 0.25) is 0 Å². The predicted molar refractivity (Wildman–Crippen MR) is 103 cm³/mol. The number of hydrogen-bond acceptors (Lipinski definition) is 3. The van der Waals surface area contributed by atoms with Gasteiger partial charge in [0.05, 0.1) is 11.6 Å². The van der Waals surface area contributed by atoms with E-state index < -0.39 is 6.04 Å². The number of rotatable bonds is 6. The third-order valence-corrected chi connectivity index (χ3v) is 4.32. The van der Waals surface area contributed by atoms with Crippen LogP contribution < -0.4 is 10.6 Å². The molecule has 0 bridgehead atoms. The van der Waals surface area contributed by atoms with Gasteiger partial charge in [0, 0.05) is 37.0 Å². The molecule has 0 aliphatic heterocycles. The van der Waals surface area contributed by atoms with Gasteiger partial charge in [0.2, 0.25) is 11.8 Å². The normalized spacial score (nSPS) is 11.6. The molecule has 2 aromatic carbocycles. The summed E-state index contributed by atoms with van der Waals surface area (Å²) < 4.78 is 0. The number of H-pyrrole nitrogens is 1. The van der Waals surface area contributed by atoms with Gasteiger partial charge in [0.25, 0.3) is 0 Å². The van der Waals surface area contributed by atoms with Gasteiger partial charge >= 0.3 is 0 Å². The van der Waals surface area contributed by atoms with Crippen LogP contribution in [0.25, 0.3) is 10.9 Å². The Morgan fingerprint density at radius 3 is 2.78 bits per heavy atom. The first-order valence-electron chi connectivity index (χ1n) is 8.65. The molecule has 0 aliphatic rings. The SMILES string of the molecule is CC(=O)NC(Cc1c[nH]c2ccccc12)C(=O)NCc1cccc(C#N)c1. The average molecular weight is 360 g/mol. The molecular weight excluding hydrogens is 340 g/mol. The van der Waals surface area contributed by atoms with E-state index in [1.807, 2.05) is 36.5 Å². The molecule has 3 rings (SSSR count). The Morgan fingerprint density at radius 1 is 1.19 bits per heavy atom. The van der Waals surface area contributed by atoms with E-state index in [1.54, 1.807) is 18.2 Å². The summed E-state index contributed by atoms with van der Waals surface area (Å²) in [5.41, 5.74) is 3.32. The molecule has 0 saturated carbocycles. The molecule has 1 atom stereocenters. The Balaban J connectivity index is 1.72. The maximum Gasteiger partial charge on any atom is 0.243 e. The Kier molecular flexibility index (Phi) is 5.53. The lowest BCUT2D eigenvalue weighted by atomic mass is 10.0. The van der Waals surface area contributed by atoms with E-state index in [-0.39, 0.29) is 11.8 Å². The van der Waals surface area contributed by atoms with Crippen LogP contribution >= 0.6 is 0 Å². The van der Waals surface area contributed by atoms with Gasteiger partial charge in [-0.25, -0.2) is 0 Å². The summed E-state index contributed by atoms with van der Waals surface area (Å²) in [6, 6.07) is 16.3. The maximum atomic E-state index is 12.7. The molecule has 0 spiro atoms. The van der Waals surface area contributed by atoms with Gasteiger partial charge in [-0.05, 0) is 29.3 Å². The number of aromatic amines is 1. The fourth-order valence-electron chi connectivity index (χ4n) is 3.04. The minimum absolute atomic E-state index is 0.263. The second-order valence-electron chi connectivity index (χ2n) is 6.35. The van der Waals surface area contributed by atoms with Crippen LogP contribution in [-0.2, 0) is 22.6 Å². The van der Waals surface area contributed by atoms with E-state index in [0.717, 1.165) is 22.0 Å². The van der Waals surface area contributed by atoms with E-state index in [0.29, 0.717) is 18.5 Å². The fraction of sp³-hybridized carbons (Fsp3) is 0.190. The fourth-order valence-corrected chi connectivity index (χ4v) is 3.04. The summed E-state index contributed by atoms with van der Waals surface area (Å²) in [5.74, 6) is -0.528. The monoisotopic (exact) mass is 360 g/mol. The molecule has 136 valence electrons. The van der Waals surface area contributed by atoms with Crippen molar-refractivity contribution in [3.8, 4) is 6.07 Å². The Bertz CT molecular complexity index is 1020. The number of hydrogen-bond donors (Lipinski definition) is 3. The lowest BCUT2D eigenvalue weighted by Gasteiger charge is -2.17. The van der Waals surface area contributed by atoms with Gasteiger partial charge in [0.1, 0.15) is 6.04 Å². The molecule has 27 heavy (non-hydrogen) atoms. The van der Waals surface area contributed by atoms with Crippen LogP contribution in [0.5, 0.6) is 0 Å². The van der Waals surface area contributed by atoms with Crippen molar-refractivity contribution in [2.45, 2.75) is 25.9 Å². The molecule has 6 heteroatoms. The quantitative estimate of drug-likeness (QED) is 0.629. The van der Waals surface area contributed by atoms with Gasteiger partial charge in [-0.15, -0.1) is 0 Å². The van der Waals surface area contributed by atoms with E-state index >= 15 is 0 Å². The topological polar surface area (TPSA) is 97.8 Å². The molecule has 0 saturated heterocycles. The first-order valence-corrected chi connectivity index (χ1v) is 8.65. The van der Waals surface area contributed by atoms with Crippen LogP contribution in [0.1, 0.15) is 23.6 Å². The number of nitrogens with zero attached hydrogens (tertiary/aromatic N) is 1. The molecule has 1 heterocycles. The molecule has 1 unspecified atom stereocenters. The van der Waals surface area contributed by atoms with Crippen LogP contribution in [0.3, 0.4) is 0 Å². The van der Waals surface area contributed by atoms with Gasteiger partial charge in [-0.1, -0.05) is 30.3 Å². The van der Waals surface area contributed by atoms with Gasteiger partial charge in [-0.2, -0.15) is 5.26 Å². The zero-order valence-electron chi connectivity index (χ0n) is 15.0. The second kappa shape index (κ2) is 8.19. The number of aromatic nitrogens is 1. The minimum Gasteiger partial charge on any atom is -0.361 e. The molecule has 0 radical (unpaired) electrons. The van der Waals surface area contributed by atoms with Crippen molar-refractivity contribution in [1.82, 2.24) is 15.6 Å². The third kappa shape index (κ3) is 4.53. The van der Waals surface area contributed by atoms with E-state index in [4.69, 9.17) is 5.26 Å². The molecular formula is C21H20N4O2. The molecule has 0 fully saturated rings. The number of fused-ring (bicyclic) bond motifs is 1. The zero-order valence-corrected chi connectivity index (χ0v) is 15.0. The summed E-state index contributed by atoms with van der Waals surface area (Å²) in [7, 11) is 0. The number of carbonyl (C=O) groups is 2. The van der Waals surface area contributed by atoms with Crippen LogP contribution in [0.4, 0.5) is 0 Å². The summed E-state index contributed by atoms with van der Waals surface area (Å²) in [4.78, 5) is 27.4. The average Bonchev–Trinajstić information content (AvgIpc) is 3.08. The third-order valence-electron chi connectivity index (χ3n) is 4.32. The lowest BCUT2D eigenvalue weighted by Crippen LogP contribution is -2.47. The van der Waals surface area contributed by atoms with Crippen LogP contribution in [0, 0.1) is 11.3 Å². The molecule has 2 amide bonds. The molecule has 0 aliphatic carbocycles. The summed E-state index contributed by atoms with van der Waals surface area (Å²) >= 11 is 0. The van der Waals surface area contributed by atoms with Crippen molar-refractivity contribution >= 4 is 22.7 Å². The Labute approximate surface area is 157 Å². The Hall–Kier alpha value is -3.59. The van der Waals surface area contributed by atoms with E-state index in [9.17, 15) is 9.59 Å². The number of nitriles is 1. The molecule has 3 N–H and O–H groups in total. The first-order chi connectivity index (χ1) is 13.1. The second-order valence-corrected chi connectivity index (χ2v) is 6.35. The summed E-state index contributed by atoms with van der Waals surface area (Å²) in [6.07, 6.45) is 2.25. The van der Waals surface area contributed by atoms with Crippen molar-refractivity contribution < 1.29 is 9.59 Å². The number of benzene rings is 2. The lowest BCUT2D eigenvalue weighted by molar-refractivity contribution is -0.128. The van der Waals surface area contributed by atoms with Gasteiger partial charge in [0.15, 0.2) is 0 Å². The predicted octanol–water partition coefficient (Wildman–Crippen LogP) is 2.40. The van der Waals surface area contributed by atoms with Crippen LogP contribution in [-0.4, -0.2) is 22.8 Å². The van der Waals surface area contributed by atoms with Gasteiger partial charge in [-0.3, -0.25) is 9.59 Å². The largest absolute Gasteiger partial charge is 0.361 e. The number of amides is 2. The molecule has 6 nitrogen and oxygen atoms in total. The highest BCUT2D eigenvalue weighted by Crippen LogP contribution is 2.19. The van der Waals surface area contributed by atoms with Crippen molar-refractivity contribution in [3.63, 3.8) is 0 Å². The van der Waals surface area contributed by atoms with Crippen molar-refractivity contribution in [2.24, 2.45) is 0 Å². The van der Waals surface area contributed by atoms with E-state index in [1.165, 1.54) is 6.92 Å². The summed E-state index contributed by atoms with van der Waals surface area (Å²) in [5, 5.41) is 15.6. The standard InChI is InChI=1S/C21H20N4O2/c1-14(26)25-20(10-17-13-23-19-8-3-2-7-18(17)19)21(27)24-12-16-6-4-5-15(9-16)11-22/h2-9,13,20,23H,10,12H2,1H3,(H,24,27)(H,25,26). The number of para-hydroxylation sites is 1. The van der Waals surface area contributed by atoms with Crippen molar-refractivity contribution in [1.29, 1.82) is 5.26 Å². The van der Waals surface area contributed by atoms with Crippen molar-refractivity contribution in [2.75, 3.05) is 0 Å². The number of carbonyl (C=O) groups excluding carboxylic acids is 2. The zero-order chi connectivity index (χ0) is 19.2. The van der Waals surface area contributed by atoms with Gasteiger partial charge < -0.3 is 15.6 Å². The Morgan fingerprint density at radius 2 is 2.00 bits per heavy atom. The highest BCUT2D eigenvalue weighted by molar-refractivity contribution is 5.89. The first kappa shape index (κ1) is 18.2. The summed E-state index contributed by atoms with van der Waals surface area (Å²) in [6.45, 7) is 1.68. The molecule has 1 aromatic heterocycles. The van der Waals surface area contributed by atoms with E-state index in [2.05, 4.69) is 21.7 Å². The van der Waals surface area contributed by atoms with Crippen LogP contribution in [0.15, 0.2) is 54.7 Å².